The van der Waals surface area contributed by atoms with Crippen LogP contribution in [0.25, 0.3) is 11.3 Å². The smallest absolute Gasteiger partial charge is 0.410 e. The fourth-order valence-corrected chi connectivity index (χ4v) is 5.41. The van der Waals surface area contributed by atoms with Crippen molar-refractivity contribution in [3.8, 4) is 11.3 Å². The zero-order valence-electron chi connectivity index (χ0n) is 33.4. The number of thioether (sulfide) groups is 1. The predicted octanol–water partition coefficient (Wildman–Crippen LogP) is 9.17. The lowest BCUT2D eigenvalue weighted by atomic mass is 10.1. The van der Waals surface area contributed by atoms with E-state index >= 15 is 0 Å². The predicted molar refractivity (Wildman–Crippen MR) is 222 cm³/mol. The van der Waals surface area contributed by atoms with Gasteiger partial charge in [0.1, 0.15) is 16.4 Å². The Morgan fingerprint density at radius 2 is 1.70 bits per heavy atom. The first kappa shape index (κ1) is 49.8. The van der Waals surface area contributed by atoms with Crippen molar-refractivity contribution in [3.05, 3.63) is 59.1 Å². The van der Waals surface area contributed by atoms with E-state index in [1.54, 1.807) is 23.4 Å². The monoisotopic (exact) mass is 797 g/mol. The van der Waals surface area contributed by atoms with Gasteiger partial charge in [0.25, 0.3) is 0 Å². The van der Waals surface area contributed by atoms with E-state index in [2.05, 4.69) is 51.1 Å². The number of primary amides is 1. The Balaban J connectivity index is 0.00000361. The largest absolute Gasteiger partial charge is 0.444 e. The SMILES string of the molecule is CC.CCC(C)N(C(=O)OC(C)(C)C)C(C)CNCc1cc(Nc2cc(-c3cc(Cl)ccc3F)nnc2SCCOC(C)(C)C)ccn1.CS.NC=O. The summed E-state index contributed by atoms with van der Waals surface area (Å²) in [4.78, 5) is 27.9. The molecule has 1 aromatic carbocycles. The highest BCUT2D eigenvalue weighted by molar-refractivity contribution is 7.99. The van der Waals surface area contributed by atoms with Gasteiger partial charge in [-0.2, -0.15) is 12.6 Å². The number of thiol groups is 1. The van der Waals surface area contributed by atoms with Gasteiger partial charge >= 0.3 is 6.09 Å². The van der Waals surface area contributed by atoms with Crippen LogP contribution in [0.5, 0.6) is 0 Å². The molecule has 298 valence electrons. The van der Waals surface area contributed by atoms with Gasteiger partial charge in [-0.3, -0.25) is 9.78 Å². The molecule has 0 spiro atoms. The molecular weight excluding hydrogens is 737 g/mol. The second kappa shape index (κ2) is 25.8. The molecule has 4 N–H and O–H groups in total. The Morgan fingerprint density at radius 1 is 1.06 bits per heavy atom. The van der Waals surface area contributed by atoms with Gasteiger partial charge in [-0.05, 0) is 104 Å². The molecule has 0 fully saturated rings. The van der Waals surface area contributed by atoms with Crippen molar-refractivity contribution in [2.45, 2.75) is 117 Å². The molecule has 0 bridgehead atoms. The van der Waals surface area contributed by atoms with Crippen LogP contribution < -0.4 is 16.4 Å². The van der Waals surface area contributed by atoms with E-state index in [0.29, 0.717) is 46.9 Å². The standard InChI is InChI=1S/C34H48ClFN6O3S.C2H6.CH3NO.CH4S/c1-10-22(2)42(32(43)45-34(7,8)9)23(3)20-37-21-26-18-25(13-14-38-26)39-30-19-29(27-17-24(35)11-12-28(27)36)40-41-31(30)46-16-15-44-33(4,5)6;1-2;2-1-3;1-2/h11-14,17-19,22-23,37H,10,15-16,20-21H2,1-9H3,(H,38,39,40);1-2H3;1H,(H2,2,3);2H,1H3. The van der Waals surface area contributed by atoms with Gasteiger partial charge in [-0.1, -0.05) is 32.4 Å². The number of nitrogens with one attached hydrogen (secondary N) is 2. The molecule has 11 nitrogen and oxygen atoms in total. The van der Waals surface area contributed by atoms with Crippen molar-refractivity contribution in [3.63, 3.8) is 0 Å². The van der Waals surface area contributed by atoms with Gasteiger partial charge in [-0.25, -0.2) is 9.18 Å². The summed E-state index contributed by atoms with van der Waals surface area (Å²) < 4.78 is 26.3. The topological polar surface area (TPSA) is 145 Å². The lowest BCUT2D eigenvalue weighted by Gasteiger charge is -2.35. The lowest BCUT2D eigenvalue weighted by Crippen LogP contribution is -2.50. The van der Waals surface area contributed by atoms with Gasteiger partial charge in [-0.15, -0.1) is 22.0 Å². The number of anilines is 2. The quantitative estimate of drug-likeness (QED) is 0.0540. The van der Waals surface area contributed by atoms with Gasteiger partial charge in [0.05, 0.1) is 29.3 Å². The van der Waals surface area contributed by atoms with Crippen LogP contribution in [0.1, 0.15) is 88.3 Å². The normalized spacial score (nSPS) is 12.0. The lowest BCUT2D eigenvalue weighted by molar-refractivity contribution is -0.106. The Kier molecular flexibility index (Phi) is 24.2. The molecule has 15 heteroatoms. The van der Waals surface area contributed by atoms with E-state index in [9.17, 15) is 9.18 Å². The number of carbonyl (C=O) groups excluding carboxylic acids is 2. The molecule has 0 aliphatic carbocycles. The van der Waals surface area contributed by atoms with E-state index in [0.717, 1.165) is 17.8 Å². The molecule has 0 saturated carbocycles. The van der Waals surface area contributed by atoms with E-state index in [1.165, 1.54) is 30.0 Å². The Hall–Kier alpha value is -3.17. The molecule has 3 rings (SSSR count). The summed E-state index contributed by atoms with van der Waals surface area (Å²) in [6.07, 6.45) is 4.17. The zero-order chi connectivity index (χ0) is 40.8. The van der Waals surface area contributed by atoms with E-state index in [4.69, 9.17) is 25.9 Å². The average molecular weight is 799 g/mol. The zero-order valence-corrected chi connectivity index (χ0v) is 35.9. The molecule has 2 atom stereocenters. The number of nitrogens with zero attached hydrogens (tertiary/aromatic N) is 4. The van der Waals surface area contributed by atoms with Crippen molar-refractivity contribution in [1.82, 2.24) is 25.4 Å². The van der Waals surface area contributed by atoms with Crippen LogP contribution in [-0.2, 0) is 20.8 Å². The number of ether oxygens (including phenoxy) is 2. The third kappa shape index (κ3) is 19.6. The van der Waals surface area contributed by atoms with Crippen LogP contribution in [0, 0.1) is 5.82 Å². The molecule has 0 aliphatic heterocycles. The summed E-state index contributed by atoms with van der Waals surface area (Å²) in [6, 6.07) is 9.86. The fraction of sp³-hybridized carbons (Fsp3) is 0.553. The number of halogens is 2. The maximum absolute atomic E-state index is 14.7. The van der Waals surface area contributed by atoms with E-state index in [-0.39, 0.29) is 35.8 Å². The highest BCUT2D eigenvalue weighted by Gasteiger charge is 2.29. The Morgan fingerprint density at radius 3 is 2.28 bits per heavy atom. The minimum Gasteiger partial charge on any atom is -0.444 e. The Bertz CT molecular complexity index is 1510. The first-order chi connectivity index (χ1) is 25.0. The number of nitrogens with two attached hydrogens (primary N) is 1. The van der Waals surface area contributed by atoms with Crippen molar-refractivity contribution in [2.24, 2.45) is 5.73 Å². The van der Waals surface area contributed by atoms with Crippen molar-refractivity contribution < 1.29 is 23.5 Å². The van der Waals surface area contributed by atoms with Crippen LogP contribution in [0.15, 0.2) is 47.6 Å². The minimum absolute atomic E-state index is 0.0312. The van der Waals surface area contributed by atoms with E-state index < -0.39 is 11.4 Å². The summed E-state index contributed by atoms with van der Waals surface area (Å²) in [5.41, 5.74) is 6.24. The first-order valence-electron chi connectivity index (χ1n) is 17.6. The summed E-state index contributed by atoms with van der Waals surface area (Å²) in [6.45, 7) is 23.3. The molecule has 2 aromatic heterocycles. The van der Waals surface area contributed by atoms with Crippen LogP contribution in [0.4, 0.5) is 20.6 Å². The number of hydrogen-bond donors (Lipinski definition) is 4. The molecule has 0 aliphatic rings. The van der Waals surface area contributed by atoms with Crippen LogP contribution in [-0.4, -0.2) is 81.0 Å². The number of hydrogen-bond acceptors (Lipinski definition) is 11. The molecule has 2 amide bonds. The minimum atomic E-state index is -0.570. The van der Waals surface area contributed by atoms with Gasteiger partial charge in [0, 0.05) is 53.4 Å². The average Bonchev–Trinajstić information content (AvgIpc) is 3.09. The van der Waals surface area contributed by atoms with Gasteiger partial charge in [0.15, 0.2) is 0 Å². The number of aromatic nitrogens is 3. The summed E-state index contributed by atoms with van der Waals surface area (Å²) in [5.74, 6) is 0.222. The summed E-state index contributed by atoms with van der Waals surface area (Å²) in [5, 5.41) is 16.7. The summed E-state index contributed by atoms with van der Waals surface area (Å²) in [7, 11) is 0. The number of carbonyl (C=O) groups is 2. The molecule has 0 radical (unpaired) electrons. The van der Waals surface area contributed by atoms with Crippen LogP contribution >= 0.6 is 36.0 Å². The van der Waals surface area contributed by atoms with Gasteiger partial charge in [0.2, 0.25) is 6.41 Å². The van der Waals surface area contributed by atoms with Gasteiger partial charge < -0.3 is 30.7 Å². The molecular formula is C38H61ClFN7O4S2. The van der Waals surface area contributed by atoms with Crippen molar-refractivity contribution in [2.75, 3.05) is 30.5 Å². The van der Waals surface area contributed by atoms with Crippen LogP contribution in [0.3, 0.4) is 0 Å². The first-order valence-corrected chi connectivity index (χ1v) is 19.9. The summed E-state index contributed by atoms with van der Waals surface area (Å²) >= 11 is 11.2. The number of rotatable bonds is 14. The molecule has 2 unspecified atom stereocenters. The number of amides is 2. The third-order valence-corrected chi connectivity index (χ3v) is 7.99. The Labute approximate surface area is 331 Å². The highest BCUT2D eigenvalue weighted by atomic mass is 35.5. The number of pyridine rings is 1. The maximum atomic E-state index is 14.7. The maximum Gasteiger partial charge on any atom is 0.410 e. The van der Waals surface area contributed by atoms with Crippen molar-refractivity contribution >= 4 is 59.9 Å². The molecule has 53 heavy (non-hydrogen) atoms. The number of benzene rings is 1. The highest BCUT2D eigenvalue weighted by Crippen LogP contribution is 2.33. The second-order valence-electron chi connectivity index (χ2n) is 13.3. The van der Waals surface area contributed by atoms with E-state index in [1.807, 2.05) is 81.4 Å². The molecule has 0 saturated heterocycles. The fourth-order valence-electron chi connectivity index (χ4n) is 4.51. The van der Waals surface area contributed by atoms with Crippen molar-refractivity contribution in [1.29, 1.82) is 0 Å². The molecule has 2 heterocycles. The second-order valence-corrected chi connectivity index (χ2v) is 14.8. The molecule has 3 aromatic rings. The van der Waals surface area contributed by atoms with Crippen LogP contribution in [0.2, 0.25) is 5.02 Å². The third-order valence-electron chi connectivity index (χ3n) is 6.81.